The molecule has 54 heavy (non-hydrogen) atoms. The largest absolute Gasteiger partial charge is 0.517 e. The summed E-state index contributed by atoms with van der Waals surface area (Å²) < 4.78 is 22.8. The van der Waals surface area contributed by atoms with Crippen LogP contribution in [0.25, 0.3) is 0 Å². The number of esters is 2. The van der Waals surface area contributed by atoms with Gasteiger partial charge >= 0.3 is 24.2 Å². The van der Waals surface area contributed by atoms with E-state index in [0.717, 1.165) is 6.29 Å². The van der Waals surface area contributed by atoms with E-state index in [-0.39, 0.29) is 22.2 Å². The van der Waals surface area contributed by atoms with Crippen molar-refractivity contribution in [2.45, 2.75) is 135 Å². The molecule has 1 saturated carbocycles. The van der Waals surface area contributed by atoms with Gasteiger partial charge in [0.05, 0.1) is 17.1 Å². The highest BCUT2D eigenvalue weighted by molar-refractivity contribution is 6.33. The molecular weight excluding hydrogens is 724 g/mol. The van der Waals surface area contributed by atoms with E-state index >= 15 is 4.79 Å². The molecule has 0 spiro atoms. The maximum Gasteiger partial charge on any atom is 0.517 e. The van der Waals surface area contributed by atoms with Crippen LogP contribution in [0.15, 0.2) is 29.8 Å². The lowest BCUT2D eigenvalue weighted by atomic mass is 9.56. The second-order valence-electron chi connectivity index (χ2n) is 17.3. The molecule has 1 aromatic rings. The maximum atomic E-state index is 15.2. The maximum absolute atomic E-state index is 15.2. The highest BCUT2D eigenvalue weighted by Crippen LogP contribution is 2.60. The van der Waals surface area contributed by atoms with E-state index in [1.165, 1.54) is 19.0 Å². The average molecular weight is 778 g/mol. The van der Waals surface area contributed by atoms with E-state index in [0.29, 0.717) is 18.4 Å². The molecule has 1 aromatic carbocycles. The average Bonchev–Trinajstić information content (AvgIpc) is 3.35. The van der Waals surface area contributed by atoms with Crippen LogP contribution in [0.4, 0.5) is 15.3 Å². The Morgan fingerprint density at radius 3 is 2.31 bits per heavy atom. The summed E-state index contributed by atoms with van der Waals surface area (Å²) in [6, 6.07) is 3.19. The van der Waals surface area contributed by atoms with Crippen LogP contribution >= 0.6 is 11.6 Å². The van der Waals surface area contributed by atoms with Gasteiger partial charge in [0.2, 0.25) is 11.6 Å². The van der Waals surface area contributed by atoms with Crippen molar-refractivity contribution in [3.8, 4) is 0 Å². The van der Waals surface area contributed by atoms with Gasteiger partial charge in [0, 0.05) is 31.4 Å². The number of fused-ring (bicyclic) bond motifs is 4. The zero-order valence-corrected chi connectivity index (χ0v) is 33.6. The Kier molecular flexibility index (Phi) is 10.8. The molecule has 0 aromatic heterocycles. The monoisotopic (exact) mass is 777 g/mol. The molecule has 2 N–H and O–H groups in total. The van der Waals surface area contributed by atoms with Crippen LogP contribution in [-0.2, 0) is 43.8 Å². The molecule has 15 heteroatoms. The number of carboxylic acid groups (broad SMARTS) is 1. The van der Waals surface area contributed by atoms with Crippen LogP contribution in [-0.4, -0.2) is 93.4 Å². The van der Waals surface area contributed by atoms with Crippen LogP contribution in [0.1, 0.15) is 94.1 Å². The van der Waals surface area contributed by atoms with E-state index in [2.05, 4.69) is 0 Å². The fraction of sp³-hybridized carbons (Fsp3) is 0.667. The number of halogens is 1. The second-order valence-corrected chi connectivity index (χ2v) is 17.8. The lowest BCUT2D eigenvalue weighted by Crippen LogP contribution is -2.75. The summed E-state index contributed by atoms with van der Waals surface area (Å²) in [4.78, 5) is 73.9. The molecule has 11 atom stereocenters. The quantitative estimate of drug-likeness (QED) is 0.109. The SMILES string of the molecule is CC(=O)OC1C(C)=C[C@@H]2[C@H](C(C)C=O)CC[C@H](C)[C@]2(O)[C@H]1OC(=O)[C@@H]1C[C@@]2(OC(=O)OC(C)(C)C)c3cccc(Cl)c3N(C)O[C@H]2[N+]1(C(=O)O)C(C)(C)C. The number of quaternary nitrogens is 1. The minimum absolute atomic E-state index is 0.211. The first-order valence-electron chi connectivity index (χ1n) is 18.4. The lowest BCUT2D eigenvalue weighted by Gasteiger charge is -2.55. The molecule has 1 amide bonds. The second kappa shape index (κ2) is 14.1. The molecule has 2 heterocycles. The van der Waals surface area contributed by atoms with Crippen molar-refractivity contribution >= 4 is 47.8 Å². The number of carbonyl (C=O) groups excluding carboxylic acids is 4. The number of likely N-dealkylation sites (tertiary alicyclic amines) is 1. The normalized spacial score (nSPS) is 35.3. The number of aldehydes is 1. The van der Waals surface area contributed by atoms with Crippen molar-refractivity contribution in [3.63, 3.8) is 0 Å². The zero-order chi connectivity index (χ0) is 40.5. The van der Waals surface area contributed by atoms with Gasteiger partial charge in [-0.05, 0) is 84.8 Å². The van der Waals surface area contributed by atoms with E-state index in [1.807, 2.05) is 0 Å². The standard InChI is InChI=1S/C39H53ClN2O12/c1-20-17-26-24(21(2)19-43)16-15-22(3)39(26,49)31(30(20)50-23(4)44)51-32(45)28-18-38(53-35(48)52-37(8,9)10)25-13-12-14-27(40)29(25)41(11)54-33(38)42(28,34(46)47)36(5,6)7/h12-14,17,19,21-22,24,26,28,30-31,33,49H,15-16,18H2,1-11H3/p+1/t21?,22-,24-,26+,28-,30?,31-,33+,38+,39+,42?/m0/s1. The third-order valence-electron chi connectivity index (χ3n) is 11.9. The zero-order valence-electron chi connectivity index (χ0n) is 32.9. The summed E-state index contributed by atoms with van der Waals surface area (Å²) >= 11 is 6.69. The summed E-state index contributed by atoms with van der Waals surface area (Å²) in [6.45, 7) is 16.3. The number of rotatable bonds is 6. The smallest absolute Gasteiger partial charge is 0.454 e. The van der Waals surface area contributed by atoms with Gasteiger partial charge in [-0.15, -0.1) is 0 Å². The summed E-state index contributed by atoms with van der Waals surface area (Å²) in [5, 5.41) is 25.7. The molecule has 3 unspecified atom stereocenters. The number of nitrogens with zero attached hydrogens (tertiary/aromatic N) is 2. The number of benzene rings is 1. The molecule has 2 aliphatic heterocycles. The van der Waals surface area contributed by atoms with Gasteiger partial charge in [-0.3, -0.25) is 4.79 Å². The third-order valence-corrected chi connectivity index (χ3v) is 12.2. The van der Waals surface area contributed by atoms with Crippen molar-refractivity contribution in [2.75, 3.05) is 12.1 Å². The van der Waals surface area contributed by atoms with Crippen molar-refractivity contribution < 1.29 is 62.5 Å². The van der Waals surface area contributed by atoms with E-state index < -0.39 is 99.7 Å². The minimum atomic E-state index is -1.98. The Hall–Kier alpha value is -3.72. The van der Waals surface area contributed by atoms with Gasteiger partial charge in [-0.2, -0.15) is 9.28 Å². The summed E-state index contributed by atoms with van der Waals surface area (Å²) in [6.07, 6.45) is -3.73. The van der Waals surface area contributed by atoms with Gasteiger partial charge in [0.15, 0.2) is 12.2 Å². The highest BCUT2D eigenvalue weighted by atomic mass is 35.5. The predicted molar refractivity (Wildman–Crippen MR) is 195 cm³/mol. The van der Waals surface area contributed by atoms with Crippen LogP contribution in [0.5, 0.6) is 0 Å². The number of ether oxygens (including phenoxy) is 4. The molecule has 4 aliphatic rings. The number of aliphatic hydroxyl groups is 1. The summed E-state index contributed by atoms with van der Waals surface area (Å²) in [5.74, 6) is -3.72. The van der Waals surface area contributed by atoms with Crippen LogP contribution in [0.3, 0.4) is 0 Å². The fourth-order valence-electron chi connectivity index (χ4n) is 9.46. The molecule has 2 fully saturated rings. The van der Waals surface area contributed by atoms with Crippen LogP contribution in [0, 0.1) is 23.7 Å². The van der Waals surface area contributed by atoms with Crippen molar-refractivity contribution in [1.29, 1.82) is 0 Å². The molecule has 14 nitrogen and oxygen atoms in total. The summed E-state index contributed by atoms with van der Waals surface area (Å²) in [5.41, 5.74) is -5.10. The fourth-order valence-corrected chi connectivity index (χ4v) is 9.75. The predicted octanol–water partition coefficient (Wildman–Crippen LogP) is 6.29. The molecule has 1 saturated heterocycles. The Bertz CT molecular complexity index is 1740. The number of carbonyl (C=O) groups is 5. The minimum Gasteiger partial charge on any atom is -0.454 e. The third kappa shape index (κ3) is 6.46. The molecular formula is C39H54ClN2O12+. The number of anilines is 1. The van der Waals surface area contributed by atoms with E-state index in [4.69, 9.17) is 35.4 Å². The number of hydrogen-bond donors (Lipinski definition) is 2. The highest BCUT2D eigenvalue weighted by Gasteiger charge is 2.79. The Labute approximate surface area is 321 Å². The Morgan fingerprint density at radius 1 is 1.11 bits per heavy atom. The van der Waals surface area contributed by atoms with Gasteiger partial charge < -0.3 is 34.0 Å². The molecule has 5 rings (SSSR count). The molecule has 0 radical (unpaired) electrons. The van der Waals surface area contributed by atoms with Crippen molar-refractivity contribution in [2.24, 2.45) is 23.7 Å². The number of amides is 1. The van der Waals surface area contributed by atoms with E-state index in [1.54, 1.807) is 86.6 Å². The van der Waals surface area contributed by atoms with Gasteiger partial charge in [0.25, 0.3) is 6.23 Å². The van der Waals surface area contributed by atoms with Gasteiger partial charge in [-0.25, -0.2) is 19.5 Å². The van der Waals surface area contributed by atoms with Crippen molar-refractivity contribution in [3.05, 3.63) is 40.4 Å². The van der Waals surface area contributed by atoms with Crippen molar-refractivity contribution in [1.82, 2.24) is 0 Å². The first-order chi connectivity index (χ1) is 24.9. The van der Waals surface area contributed by atoms with Gasteiger partial charge in [0.1, 0.15) is 23.0 Å². The topological polar surface area (TPSA) is 175 Å². The van der Waals surface area contributed by atoms with Gasteiger partial charge in [-0.1, -0.05) is 43.7 Å². The Morgan fingerprint density at radius 2 is 1.76 bits per heavy atom. The number of hydrogen-bond acceptors (Lipinski definition) is 12. The van der Waals surface area contributed by atoms with Crippen LogP contribution < -0.4 is 5.06 Å². The number of hydroxylamine groups is 1. The summed E-state index contributed by atoms with van der Waals surface area (Å²) in [7, 11) is 1.53. The van der Waals surface area contributed by atoms with E-state index in [9.17, 15) is 29.4 Å². The molecule has 0 bridgehead atoms. The number of para-hydroxylation sites is 1. The van der Waals surface area contributed by atoms with Crippen LogP contribution in [0.2, 0.25) is 5.02 Å². The first kappa shape index (κ1) is 41.4. The molecule has 2 aliphatic carbocycles. The lowest BCUT2D eigenvalue weighted by molar-refractivity contribution is -0.953. The molecule has 298 valence electrons. The first-order valence-corrected chi connectivity index (χ1v) is 18.7. The Balaban J connectivity index is 1.73.